The van der Waals surface area contributed by atoms with Gasteiger partial charge < -0.3 is 4.90 Å². The van der Waals surface area contributed by atoms with Crippen LogP contribution < -0.4 is 0 Å². The number of piperidine rings is 1. The van der Waals surface area contributed by atoms with E-state index in [1.54, 1.807) is 6.92 Å². The Morgan fingerprint density at radius 2 is 1.64 bits per heavy atom. The predicted molar refractivity (Wildman–Crippen MR) is 63.9 cm³/mol. The van der Waals surface area contributed by atoms with Gasteiger partial charge in [-0.2, -0.15) is 0 Å². The minimum absolute atomic E-state index is 0.358. The Bertz CT molecular complexity index is 166. The van der Waals surface area contributed by atoms with E-state index in [9.17, 15) is 4.79 Å². The molecule has 0 saturated carbocycles. The van der Waals surface area contributed by atoms with E-state index in [-0.39, 0.29) is 0 Å². The van der Waals surface area contributed by atoms with Gasteiger partial charge in [-0.05, 0) is 39.9 Å². The van der Waals surface area contributed by atoms with Crippen LogP contribution in [0.1, 0.15) is 19.8 Å². The maximum absolute atomic E-state index is 10.9. The van der Waals surface area contributed by atoms with Crippen molar-refractivity contribution in [3.8, 4) is 0 Å². The Kier molecular flexibility index (Phi) is 7.16. The highest BCUT2D eigenvalue weighted by molar-refractivity contribution is 7.49. The number of carbonyl (C=O) groups is 1. The highest BCUT2D eigenvalue weighted by Gasteiger charge is 2.19. The lowest BCUT2D eigenvalue weighted by molar-refractivity contribution is -0.121. The number of nitrogens with zero attached hydrogens (tertiary/aromatic N) is 1. The first-order valence-corrected chi connectivity index (χ1v) is 4.89. The summed E-state index contributed by atoms with van der Waals surface area (Å²) >= 11 is 0. The van der Waals surface area contributed by atoms with E-state index >= 15 is 0 Å². The molecular formula is C8H15B4NO. The van der Waals surface area contributed by atoms with E-state index in [1.165, 1.54) is 0 Å². The third kappa shape index (κ3) is 7.31. The number of hydrogen-bond acceptors (Lipinski definition) is 2. The largest absolute Gasteiger partial charge is 0.306 e. The average molecular weight is 184 g/mol. The van der Waals surface area contributed by atoms with E-state index in [4.69, 9.17) is 0 Å². The molecule has 0 aromatic carbocycles. The van der Waals surface area contributed by atoms with E-state index in [0.717, 1.165) is 25.9 Å². The van der Waals surface area contributed by atoms with Crippen molar-refractivity contribution in [3.05, 3.63) is 0 Å². The summed E-state index contributed by atoms with van der Waals surface area (Å²) < 4.78 is 0. The van der Waals surface area contributed by atoms with Gasteiger partial charge >= 0.3 is 0 Å². The molecule has 0 spiro atoms. The molecule has 0 aromatic heterocycles. The smallest absolute Gasteiger partial charge is 0.133 e. The Morgan fingerprint density at radius 3 is 1.93 bits per heavy atom. The van der Waals surface area contributed by atoms with Crippen molar-refractivity contribution in [2.24, 2.45) is 5.92 Å². The van der Waals surface area contributed by atoms with Crippen LogP contribution in [0.4, 0.5) is 0 Å². The second kappa shape index (κ2) is 7.22. The van der Waals surface area contributed by atoms with E-state index in [0.29, 0.717) is 11.7 Å². The third-order valence-corrected chi connectivity index (χ3v) is 2.29. The Labute approximate surface area is 91.4 Å². The Balaban J connectivity index is 0.000000364. The summed E-state index contributed by atoms with van der Waals surface area (Å²) in [6.07, 6.45) is 1.46. The lowest BCUT2D eigenvalue weighted by atomic mass is 9.08. The van der Waals surface area contributed by atoms with Crippen molar-refractivity contribution in [3.63, 3.8) is 0 Å². The molecule has 1 aliphatic rings. The summed E-state index contributed by atoms with van der Waals surface area (Å²) in [5, 5.41) is 0. The number of rotatable bonds is 1. The first kappa shape index (κ1) is 13.9. The van der Waals surface area contributed by atoms with Gasteiger partial charge in [0.1, 0.15) is 5.78 Å². The molecule has 0 aliphatic carbocycles. The van der Waals surface area contributed by atoms with Crippen molar-refractivity contribution in [2.45, 2.75) is 19.8 Å². The lowest BCUT2D eigenvalue weighted by Gasteiger charge is -2.26. The molecule has 0 N–H and O–H groups in total. The SMILES string of the molecule is CC(=O)C1CCN(C)CC1.[B]B([B])[B]. The number of likely N-dealkylation sites (tertiary alicyclic amines) is 1. The molecule has 70 valence electrons. The summed E-state index contributed by atoms with van der Waals surface area (Å²) in [7, 11) is 16.1. The maximum Gasteiger partial charge on any atom is 0.133 e. The zero-order chi connectivity index (χ0) is 11.1. The molecule has 0 atom stereocenters. The van der Waals surface area contributed by atoms with Gasteiger partial charge in [0.2, 0.25) is 0 Å². The fourth-order valence-electron chi connectivity index (χ4n) is 1.42. The highest BCUT2D eigenvalue weighted by atomic mass is 16.1. The standard InChI is InChI=1S/C8H15NO.B4/c1-7(10)8-3-5-9(2)6-4-8;1-4(2)3/h8H,3-6H2,1-2H3;. The molecule has 0 unspecified atom stereocenters. The molecule has 6 heteroatoms. The minimum Gasteiger partial charge on any atom is -0.306 e. The monoisotopic (exact) mass is 185 g/mol. The fourth-order valence-corrected chi connectivity index (χ4v) is 1.42. The van der Waals surface area contributed by atoms with Crippen LogP contribution in [0.25, 0.3) is 0 Å². The van der Waals surface area contributed by atoms with Gasteiger partial charge in [-0.3, -0.25) is 4.79 Å². The molecule has 0 amide bonds. The van der Waals surface area contributed by atoms with Crippen molar-refractivity contribution in [1.82, 2.24) is 4.90 Å². The number of carbonyl (C=O) groups excluding carboxylic acids is 1. The fraction of sp³-hybridized carbons (Fsp3) is 0.875. The van der Waals surface area contributed by atoms with Gasteiger partial charge in [0, 0.05) is 35.5 Å². The molecule has 1 aliphatic heterocycles. The van der Waals surface area contributed by atoms with Crippen molar-refractivity contribution in [1.29, 1.82) is 0 Å². The van der Waals surface area contributed by atoms with Crippen LogP contribution in [-0.4, -0.2) is 60.4 Å². The summed E-state index contributed by atoms with van der Waals surface area (Å²) in [5.74, 6) is 0.726. The average Bonchev–Trinajstić information content (AvgIpc) is 2.03. The minimum atomic E-state index is -0.667. The summed E-state index contributed by atoms with van der Waals surface area (Å²) in [5.41, 5.74) is 0. The molecule has 0 bridgehead atoms. The van der Waals surface area contributed by atoms with Crippen LogP contribution in [-0.2, 0) is 4.79 Å². The molecule has 6 radical (unpaired) electrons. The van der Waals surface area contributed by atoms with Crippen LogP contribution in [0.15, 0.2) is 0 Å². The van der Waals surface area contributed by atoms with Gasteiger partial charge in [-0.1, -0.05) is 0 Å². The summed E-state index contributed by atoms with van der Waals surface area (Å²) in [6, 6.07) is 0. The topological polar surface area (TPSA) is 20.3 Å². The quantitative estimate of drug-likeness (QED) is 0.507. The first-order chi connectivity index (χ1) is 6.43. The summed E-state index contributed by atoms with van der Waals surface area (Å²) in [6.45, 7) is 3.88. The zero-order valence-electron chi connectivity index (χ0n) is 9.07. The van der Waals surface area contributed by atoms with Gasteiger partial charge in [0.15, 0.2) is 0 Å². The number of hydrogen-bond donors (Lipinski definition) is 0. The van der Waals surface area contributed by atoms with Crippen LogP contribution in [0.3, 0.4) is 0 Å². The molecule has 14 heavy (non-hydrogen) atoms. The van der Waals surface area contributed by atoms with Gasteiger partial charge in [-0.15, -0.1) is 0 Å². The lowest BCUT2D eigenvalue weighted by Crippen LogP contribution is -2.32. The Hall–Kier alpha value is -0.110. The van der Waals surface area contributed by atoms with E-state index in [2.05, 4.69) is 35.2 Å². The second-order valence-electron chi connectivity index (χ2n) is 3.77. The molecule has 1 heterocycles. The Morgan fingerprint density at radius 1 is 1.29 bits per heavy atom. The van der Waals surface area contributed by atoms with Crippen LogP contribution >= 0.6 is 0 Å². The van der Waals surface area contributed by atoms with Crippen LogP contribution in [0.2, 0.25) is 0 Å². The molecule has 1 rings (SSSR count). The van der Waals surface area contributed by atoms with Crippen LogP contribution in [0.5, 0.6) is 0 Å². The van der Waals surface area contributed by atoms with Crippen molar-refractivity contribution >= 4 is 35.4 Å². The van der Waals surface area contributed by atoms with Gasteiger partial charge in [0.05, 0.1) is 0 Å². The third-order valence-electron chi connectivity index (χ3n) is 2.29. The molecular weight excluding hydrogens is 169 g/mol. The number of ketones is 1. The molecule has 1 saturated heterocycles. The predicted octanol–water partition coefficient (Wildman–Crippen LogP) is -0.606. The zero-order valence-corrected chi connectivity index (χ0v) is 9.07. The van der Waals surface area contributed by atoms with Crippen LogP contribution in [0, 0.1) is 5.92 Å². The molecule has 2 nitrogen and oxygen atoms in total. The van der Waals surface area contributed by atoms with Gasteiger partial charge in [-0.25, -0.2) is 0 Å². The summed E-state index contributed by atoms with van der Waals surface area (Å²) in [4.78, 5) is 13.2. The van der Waals surface area contributed by atoms with E-state index in [1.807, 2.05) is 0 Å². The second-order valence-corrected chi connectivity index (χ2v) is 3.77. The number of Topliss-reactive ketones (excluding diaryl/α,β-unsaturated/α-hetero) is 1. The van der Waals surface area contributed by atoms with E-state index < -0.39 is 6.39 Å². The molecule has 0 aromatic rings. The molecule has 1 fully saturated rings. The highest BCUT2D eigenvalue weighted by Crippen LogP contribution is 2.15. The van der Waals surface area contributed by atoms with Crippen molar-refractivity contribution in [2.75, 3.05) is 20.1 Å². The normalized spacial score (nSPS) is 18.1. The van der Waals surface area contributed by atoms with Crippen molar-refractivity contribution < 1.29 is 4.79 Å². The maximum atomic E-state index is 10.9. The first-order valence-electron chi connectivity index (χ1n) is 4.89. The van der Waals surface area contributed by atoms with Gasteiger partial charge in [0.25, 0.3) is 0 Å².